The van der Waals surface area contributed by atoms with Gasteiger partial charge in [0.05, 0.1) is 16.6 Å². The Hall–Kier alpha value is -5.02. The number of anilines is 3. The van der Waals surface area contributed by atoms with Gasteiger partial charge in [-0.3, -0.25) is 14.4 Å². The average Bonchev–Trinajstić information content (AvgIpc) is 2.96. The van der Waals surface area contributed by atoms with E-state index in [1.807, 2.05) is 68.7 Å². The predicted octanol–water partition coefficient (Wildman–Crippen LogP) is 4.75. The van der Waals surface area contributed by atoms with Crippen LogP contribution in [0.15, 0.2) is 89.9 Å². The van der Waals surface area contributed by atoms with Crippen molar-refractivity contribution >= 4 is 50.7 Å². The fourth-order valence-electron chi connectivity index (χ4n) is 4.58. The van der Waals surface area contributed by atoms with Crippen LogP contribution in [-0.4, -0.2) is 53.9 Å². The quantitative estimate of drug-likeness (QED) is 0.160. The Labute approximate surface area is 231 Å². The Bertz CT molecular complexity index is 1730. The zero-order chi connectivity index (χ0) is 28.1. The molecule has 2 amide bonds. The Morgan fingerprint density at radius 3 is 2.35 bits per heavy atom. The van der Waals surface area contributed by atoms with Crippen molar-refractivity contribution in [3.8, 4) is 0 Å². The third kappa shape index (κ3) is 5.84. The molecule has 40 heavy (non-hydrogen) atoms. The molecule has 0 atom stereocenters. The van der Waals surface area contributed by atoms with Crippen molar-refractivity contribution in [2.45, 2.75) is 6.42 Å². The number of hydrogen-bond donors (Lipinski definition) is 4. The molecule has 5 rings (SSSR count). The molecule has 3 aromatic carbocycles. The second-order valence-corrected chi connectivity index (χ2v) is 9.70. The van der Waals surface area contributed by atoms with Gasteiger partial charge in [0.25, 0.3) is 17.4 Å². The van der Waals surface area contributed by atoms with Crippen molar-refractivity contribution in [1.29, 1.82) is 0 Å². The summed E-state index contributed by atoms with van der Waals surface area (Å²) in [6, 6.07) is 23.4. The molecule has 0 aliphatic carbocycles. The van der Waals surface area contributed by atoms with Gasteiger partial charge in [-0.15, -0.1) is 0 Å². The molecule has 0 spiro atoms. The summed E-state index contributed by atoms with van der Waals surface area (Å²) in [5, 5.41) is 10.8. The lowest BCUT2D eigenvalue weighted by Gasteiger charge is -2.14. The molecule has 0 aliphatic heterocycles. The van der Waals surface area contributed by atoms with E-state index < -0.39 is 0 Å². The number of nitrogens with zero attached hydrogens (tertiary/aromatic N) is 2. The average molecular weight is 535 g/mol. The lowest BCUT2D eigenvalue weighted by atomic mass is 10.0. The molecule has 5 aromatic rings. The topological polar surface area (TPSA) is 119 Å². The van der Waals surface area contributed by atoms with Crippen LogP contribution < -0.4 is 21.5 Å². The Kier molecular flexibility index (Phi) is 7.84. The molecule has 0 unspecified atom stereocenters. The first-order valence-electron chi connectivity index (χ1n) is 13.0. The van der Waals surface area contributed by atoms with Crippen LogP contribution in [0.1, 0.15) is 27.1 Å². The first-order valence-corrected chi connectivity index (χ1v) is 13.0. The highest BCUT2D eigenvalue weighted by Gasteiger charge is 2.17. The van der Waals surface area contributed by atoms with E-state index >= 15 is 0 Å². The predicted molar refractivity (Wildman–Crippen MR) is 159 cm³/mol. The van der Waals surface area contributed by atoms with Gasteiger partial charge in [-0.05, 0) is 75.6 Å². The molecule has 2 aromatic heterocycles. The SMILES string of the molecule is CN(C)CCCNC(=O)c1cccc2c1c(=O)[nH]c1nccc(Nc3ccc(NC(=O)c4ccccc4)cc3)c12. The van der Waals surface area contributed by atoms with E-state index in [1.54, 1.807) is 30.5 Å². The van der Waals surface area contributed by atoms with Gasteiger partial charge in [0.1, 0.15) is 5.65 Å². The maximum absolute atomic E-state index is 13.1. The largest absolute Gasteiger partial charge is 0.355 e. The number of aromatic nitrogens is 2. The van der Waals surface area contributed by atoms with Gasteiger partial charge in [0.15, 0.2) is 0 Å². The Morgan fingerprint density at radius 2 is 1.60 bits per heavy atom. The highest BCUT2D eigenvalue weighted by molar-refractivity contribution is 6.16. The number of aromatic amines is 1. The number of hydrogen-bond acceptors (Lipinski definition) is 6. The maximum Gasteiger partial charge on any atom is 0.258 e. The van der Waals surface area contributed by atoms with E-state index in [4.69, 9.17) is 0 Å². The molecule has 9 nitrogen and oxygen atoms in total. The number of pyridine rings is 2. The maximum atomic E-state index is 13.1. The number of benzene rings is 3. The Balaban J connectivity index is 1.42. The summed E-state index contributed by atoms with van der Waals surface area (Å²) in [5.74, 6) is -0.477. The van der Waals surface area contributed by atoms with E-state index in [0.717, 1.165) is 24.3 Å². The van der Waals surface area contributed by atoms with Gasteiger partial charge in [-0.2, -0.15) is 0 Å². The number of nitrogens with one attached hydrogen (secondary N) is 4. The minimum atomic E-state index is -0.371. The molecule has 4 N–H and O–H groups in total. The lowest BCUT2D eigenvalue weighted by molar-refractivity contribution is 0.0953. The minimum absolute atomic E-state index is 0.186. The highest BCUT2D eigenvalue weighted by atomic mass is 16.2. The first-order chi connectivity index (χ1) is 19.4. The van der Waals surface area contributed by atoms with Crippen LogP contribution in [0.2, 0.25) is 0 Å². The lowest BCUT2D eigenvalue weighted by Crippen LogP contribution is -2.28. The van der Waals surface area contributed by atoms with Crippen molar-refractivity contribution in [2.75, 3.05) is 37.8 Å². The molecule has 0 saturated carbocycles. The number of amides is 2. The zero-order valence-corrected chi connectivity index (χ0v) is 22.3. The van der Waals surface area contributed by atoms with Crippen LogP contribution in [0.5, 0.6) is 0 Å². The molecular weight excluding hydrogens is 504 g/mol. The minimum Gasteiger partial charge on any atom is -0.355 e. The standard InChI is InChI=1S/C31H30N6O3/c1-37(2)19-7-17-33-30(39)24-11-6-10-23-26(24)31(40)36-28-27(23)25(16-18-32-28)34-21-12-14-22(15-13-21)35-29(38)20-8-4-3-5-9-20/h3-6,8-16,18H,7,17,19H2,1-2H3,(H,33,39)(H,35,38)(H2,32,34,36,40). The van der Waals surface area contributed by atoms with Gasteiger partial charge in [-0.1, -0.05) is 30.3 Å². The number of fused-ring (bicyclic) bond motifs is 3. The van der Waals surface area contributed by atoms with Crippen LogP contribution in [0.4, 0.5) is 17.1 Å². The molecule has 0 saturated heterocycles. The van der Waals surface area contributed by atoms with E-state index in [0.29, 0.717) is 45.2 Å². The summed E-state index contributed by atoms with van der Waals surface area (Å²) < 4.78 is 0. The third-order valence-electron chi connectivity index (χ3n) is 6.51. The van der Waals surface area contributed by atoms with Crippen LogP contribution in [0.25, 0.3) is 21.8 Å². The van der Waals surface area contributed by atoms with E-state index in [1.165, 1.54) is 0 Å². The number of H-pyrrole nitrogens is 1. The summed E-state index contributed by atoms with van der Waals surface area (Å²) in [4.78, 5) is 47.9. The normalized spacial score (nSPS) is 11.1. The third-order valence-corrected chi connectivity index (χ3v) is 6.51. The van der Waals surface area contributed by atoms with Gasteiger partial charge in [-0.25, -0.2) is 4.98 Å². The van der Waals surface area contributed by atoms with Gasteiger partial charge >= 0.3 is 0 Å². The fourth-order valence-corrected chi connectivity index (χ4v) is 4.58. The van der Waals surface area contributed by atoms with E-state index in [-0.39, 0.29) is 17.4 Å². The molecule has 202 valence electrons. The number of rotatable bonds is 9. The first kappa shape index (κ1) is 26.6. The molecule has 0 aliphatic rings. The molecule has 0 radical (unpaired) electrons. The van der Waals surface area contributed by atoms with Crippen LogP contribution in [0, 0.1) is 0 Å². The van der Waals surface area contributed by atoms with Crippen molar-refractivity contribution in [3.63, 3.8) is 0 Å². The summed E-state index contributed by atoms with van der Waals surface area (Å²) in [6.07, 6.45) is 2.41. The molecule has 2 heterocycles. The molecular formula is C31H30N6O3. The molecule has 0 bridgehead atoms. The summed E-state index contributed by atoms with van der Waals surface area (Å²) >= 11 is 0. The molecule has 0 fully saturated rings. The second kappa shape index (κ2) is 11.8. The summed E-state index contributed by atoms with van der Waals surface area (Å²) in [7, 11) is 3.96. The monoisotopic (exact) mass is 534 g/mol. The zero-order valence-electron chi connectivity index (χ0n) is 22.3. The van der Waals surface area contributed by atoms with Gasteiger partial charge in [0, 0.05) is 40.5 Å². The van der Waals surface area contributed by atoms with Crippen molar-refractivity contribution in [2.24, 2.45) is 0 Å². The van der Waals surface area contributed by atoms with Gasteiger partial charge < -0.3 is 25.8 Å². The highest BCUT2D eigenvalue weighted by Crippen LogP contribution is 2.31. The van der Waals surface area contributed by atoms with Crippen LogP contribution in [-0.2, 0) is 0 Å². The van der Waals surface area contributed by atoms with E-state index in [9.17, 15) is 14.4 Å². The number of carbonyl (C=O) groups excluding carboxylic acids is 2. The van der Waals surface area contributed by atoms with Crippen molar-refractivity contribution in [1.82, 2.24) is 20.2 Å². The molecule has 9 heteroatoms. The van der Waals surface area contributed by atoms with Crippen molar-refractivity contribution in [3.05, 3.63) is 107 Å². The smallest absolute Gasteiger partial charge is 0.258 e. The van der Waals surface area contributed by atoms with Gasteiger partial charge in [0.2, 0.25) is 0 Å². The Morgan fingerprint density at radius 1 is 0.850 bits per heavy atom. The van der Waals surface area contributed by atoms with Crippen LogP contribution >= 0.6 is 0 Å². The summed E-state index contributed by atoms with van der Waals surface area (Å²) in [6.45, 7) is 1.36. The summed E-state index contributed by atoms with van der Waals surface area (Å²) in [5.41, 5.74) is 3.10. The van der Waals surface area contributed by atoms with E-state index in [2.05, 4.69) is 30.8 Å². The number of carbonyl (C=O) groups is 2. The van der Waals surface area contributed by atoms with Crippen molar-refractivity contribution < 1.29 is 9.59 Å². The second-order valence-electron chi connectivity index (χ2n) is 9.70. The van der Waals surface area contributed by atoms with Crippen LogP contribution in [0.3, 0.4) is 0 Å². The fraction of sp³-hybridized carbons (Fsp3) is 0.161.